The minimum Gasteiger partial charge on any atom is -0.465 e. The molecule has 0 saturated carbocycles. The van der Waals surface area contributed by atoms with E-state index in [1.807, 2.05) is 0 Å². The van der Waals surface area contributed by atoms with Crippen LogP contribution in [-0.2, 0) is 15.7 Å². The van der Waals surface area contributed by atoms with Crippen LogP contribution < -0.4 is 0 Å². The van der Waals surface area contributed by atoms with Gasteiger partial charge in [-0.2, -0.15) is 13.2 Å². The van der Waals surface area contributed by atoms with Crippen LogP contribution in [0.5, 0.6) is 0 Å². The van der Waals surface area contributed by atoms with Gasteiger partial charge in [0.25, 0.3) is 0 Å². The summed E-state index contributed by atoms with van der Waals surface area (Å²) in [6.45, 7) is 0. The number of hydrogen-bond donors (Lipinski definition) is 0. The molecular formula is C15H8F3NO3. The van der Waals surface area contributed by atoms with Gasteiger partial charge in [0.05, 0.1) is 11.8 Å². The Balaban J connectivity index is 1.88. The van der Waals surface area contributed by atoms with Gasteiger partial charge in [-0.25, -0.2) is 9.79 Å². The maximum atomic E-state index is 12.5. The Hall–Kier alpha value is -2.83. The third kappa shape index (κ3) is 2.78. The zero-order valence-corrected chi connectivity index (χ0v) is 10.9. The minimum atomic E-state index is -4.42. The summed E-state index contributed by atoms with van der Waals surface area (Å²) in [5.74, 6) is -0.313. The van der Waals surface area contributed by atoms with Crippen LogP contribution in [0.4, 0.5) is 13.2 Å². The number of nitrogens with zero attached hydrogens (tertiary/aromatic N) is 1. The molecule has 0 aliphatic carbocycles. The topological polar surface area (TPSA) is 51.8 Å². The summed E-state index contributed by atoms with van der Waals surface area (Å²) >= 11 is 0. The third-order valence-corrected chi connectivity index (χ3v) is 2.90. The first-order valence-electron chi connectivity index (χ1n) is 6.17. The second-order valence-electron chi connectivity index (χ2n) is 4.43. The van der Waals surface area contributed by atoms with Gasteiger partial charge in [0, 0.05) is 11.6 Å². The van der Waals surface area contributed by atoms with Crippen molar-refractivity contribution in [3.8, 4) is 0 Å². The van der Waals surface area contributed by atoms with Gasteiger partial charge in [0.15, 0.2) is 5.70 Å². The molecule has 1 aromatic carbocycles. The lowest BCUT2D eigenvalue weighted by Gasteiger charge is -2.06. The Bertz CT molecular complexity index is 756. The van der Waals surface area contributed by atoms with Gasteiger partial charge < -0.3 is 9.15 Å². The summed E-state index contributed by atoms with van der Waals surface area (Å²) in [4.78, 5) is 15.7. The smallest absolute Gasteiger partial charge is 0.416 e. The highest BCUT2D eigenvalue weighted by atomic mass is 19.4. The van der Waals surface area contributed by atoms with E-state index in [2.05, 4.69) is 4.99 Å². The Morgan fingerprint density at radius 1 is 1.09 bits per heavy atom. The van der Waals surface area contributed by atoms with Crippen molar-refractivity contribution in [1.29, 1.82) is 0 Å². The second kappa shape index (κ2) is 5.18. The van der Waals surface area contributed by atoms with Gasteiger partial charge in [-0.15, -0.1) is 0 Å². The van der Waals surface area contributed by atoms with Crippen molar-refractivity contribution in [1.82, 2.24) is 0 Å². The van der Waals surface area contributed by atoms with Gasteiger partial charge in [0.2, 0.25) is 5.90 Å². The van der Waals surface area contributed by atoms with Crippen molar-refractivity contribution in [3.63, 3.8) is 0 Å². The molecule has 1 aromatic heterocycles. The number of rotatable bonds is 2. The van der Waals surface area contributed by atoms with E-state index in [1.165, 1.54) is 24.5 Å². The number of cyclic esters (lactones) is 1. The van der Waals surface area contributed by atoms with E-state index in [4.69, 9.17) is 9.15 Å². The normalized spacial score (nSPS) is 16.8. The first-order valence-corrected chi connectivity index (χ1v) is 6.17. The summed E-state index contributed by atoms with van der Waals surface area (Å²) in [5, 5.41) is 0. The predicted octanol–water partition coefficient (Wildman–Crippen LogP) is 3.64. The highest BCUT2D eigenvalue weighted by Crippen LogP contribution is 2.29. The molecule has 4 nitrogen and oxygen atoms in total. The number of hydrogen-bond acceptors (Lipinski definition) is 4. The molecule has 2 heterocycles. The van der Waals surface area contributed by atoms with Gasteiger partial charge in [-0.3, -0.25) is 0 Å². The molecule has 112 valence electrons. The Kier molecular flexibility index (Phi) is 3.32. The van der Waals surface area contributed by atoms with Crippen LogP contribution in [0.3, 0.4) is 0 Å². The number of carbonyl (C=O) groups is 1. The van der Waals surface area contributed by atoms with Crippen molar-refractivity contribution >= 4 is 17.9 Å². The molecule has 0 spiro atoms. The second-order valence-corrected chi connectivity index (χ2v) is 4.43. The van der Waals surface area contributed by atoms with Crippen LogP contribution in [-0.4, -0.2) is 11.9 Å². The quantitative estimate of drug-likeness (QED) is 0.628. The molecule has 2 aromatic rings. The molecule has 0 saturated heterocycles. The molecule has 1 aliphatic rings. The standard InChI is InChI=1S/C15H8F3NO3/c16-15(17,18)10-5-3-9(4-6-10)13-19-12(14(20)22-13)8-11-2-1-7-21-11/h1-8H/b12-8+. The van der Waals surface area contributed by atoms with Gasteiger partial charge in [-0.1, -0.05) is 0 Å². The van der Waals surface area contributed by atoms with Crippen LogP contribution >= 0.6 is 0 Å². The molecule has 0 radical (unpaired) electrons. The molecular weight excluding hydrogens is 299 g/mol. The zero-order valence-electron chi connectivity index (χ0n) is 10.9. The van der Waals surface area contributed by atoms with E-state index >= 15 is 0 Å². The fourth-order valence-electron chi connectivity index (χ4n) is 1.84. The summed E-state index contributed by atoms with van der Waals surface area (Å²) in [6.07, 6.45) is -1.59. The number of ether oxygens (including phenoxy) is 1. The number of esters is 1. The molecule has 0 bridgehead atoms. The molecule has 0 unspecified atom stereocenters. The fourth-order valence-corrected chi connectivity index (χ4v) is 1.84. The van der Waals surface area contributed by atoms with Crippen LogP contribution in [0, 0.1) is 0 Å². The molecule has 0 amide bonds. The molecule has 3 rings (SSSR count). The van der Waals surface area contributed by atoms with Crippen LogP contribution in [0.1, 0.15) is 16.9 Å². The van der Waals surface area contributed by atoms with Crippen LogP contribution in [0.25, 0.3) is 6.08 Å². The molecule has 0 fully saturated rings. The summed E-state index contributed by atoms with van der Waals surface area (Å²) < 4.78 is 47.5. The molecule has 1 aliphatic heterocycles. The van der Waals surface area contributed by atoms with Crippen molar-refractivity contribution < 1.29 is 27.1 Å². The van der Waals surface area contributed by atoms with Crippen LogP contribution in [0.15, 0.2) is 57.8 Å². The average molecular weight is 307 g/mol. The van der Waals surface area contributed by atoms with E-state index in [9.17, 15) is 18.0 Å². The lowest BCUT2D eigenvalue weighted by Crippen LogP contribution is -2.08. The van der Waals surface area contributed by atoms with Crippen LogP contribution in [0.2, 0.25) is 0 Å². The lowest BCUT2D eigenvalue weighted by atomic mass is 10.1. The van der Waals surface area contributed by atoms with Gasteiger partial charge in [-0.05, 0) is 36.4 Å². The highest BCUT2D eigenvalue weighted by molar-refractivity contribution is 6.12. The summed E-state index contributed by atoms with van der Waals surface area (Å²) in [6, 6.07) is 7.48. The zero-order chi connectivity index (χ0) is 15.7. The predicted molar refractivity (Wildman–Crippen MR) is 70.8 cm³/mol. The highest BCUT2D eigenvalue weighted by Gasteiger charge is 2.31. The SMILES string of the molecule is O=C1OC(c2ccc(C(F)(F)F)cc2)=N/C1=C/c1ccco1. The van der Waals surface area contributed by atoms with Crippen molar-refractivity contribution in [3.05, 3.63) is 65.2 Å². The maximum Gasteiger partial charge on any atom is 0.416 e. The maximum absolute atomic E-state index is 12.5. The molecule has 22 heavy (non-hydrogen) atoms. The van der Waals surface area contributed by atoms with E-state index in [1.54, 1.807) is 12.1 Å². The van der Waals surface area contributed by atoms with Crippen molar-refractivity contribution in [2.24, 2.45) is 4.99 Å². The lowest BCUT2D eigenvalue weighted by molar-refractivity contribution is -0.137. The van der Waals surface area contributed by atoms with E-state index in [0.29, 0.717) is 5.76 Å². The first kappa shape index (κ1) is 14.1. The minimum absolute atomic E-state index is 0.0184. The number of carbonyl (C=O) groups excluding carboxylic acids is 1. The van der Waals surface area contributed by atoms with E-state index < -0.39 is 17.7 Å². The van der Waals surface area contributed by atoms with Gasteiger partial charge in [0.1, 0.15) is 5.76 Å². The number of alkyl halides is 3. The van der Waals surface area contributed by atoms with Crippen molar-refractivity contribution in [2.45, 2.75) is 6.18 Å². The molecule has 0 N–H and O–H groups in total. The summed E-state index contributed by atoms with van der Waals surface area (Å²) in [5.41, 5.74) is -0.485. The number of aliphatic imine (C=N–C) groups is 1. The molecule has 7 heteroatoms. The Morgan fingerprint density at radius 2 is 1.82 bits per heavy atom. The number of halogens is 3. The fraction of sp³-hybridized carbons (Fsp3) is 0.0667. The van der Waals surface area contributed by atoms with E-state index in [-0.39, 0.29) is 17.2 Å². The monoisotopic (exact) mass is 307 g/mol. The summed E-state index contributed by atoms with van der Waals surface area (Å²) in [7, 11) is 0. The first-order chi connectivity index (χ1) is 10.4. The van der Waals surface area contributed by atoms with Crippen molar-refractivity contribution in [2.75, 3.05) is 0 Å². The average Bonchev–Trinajstić information content (AvgIpc) is 3.09. The van der Waals surface area contributed by atoms with E-state index in [0.717, 1.165) is 12.1 Å². The third-order valence-electron chi connectivity index (χ3n) is 2.90. The largest absolute Gasteiger partial charge is 0.465 e. The van der Waals surface area contributed by atoms with Gasteiger partial charge >= 0.3 is 12.1 Å². The Morgan fingerprint density at radius 3 is 2.41 bits per heavy atom. The molecule has 0 atom stereocenters. The number of benzene rings is 1. The number of furan rings is 1. The Labute approximate surface area is 122 Å².